The highest BCUT2D eigenvalue weighted by Gasteiger charge is 2.31. The second-order valence-corrected chi connectivity index (χ2v) is 4.80. The van der Waals surface area contributed by atoms with E-state index in [1.165, 1.54) is 0 Å². The molecule has 0 aromatic heterocycles. The van der Waals surface area contributed by atoms with Crippen LogP contribution in [0, 0.1) is 5.92 Å². The molecule has 1 unspecified atom stereocenters. The summed E-state index contributed by atoms with van der Waals surface area (Å²) in [5.74, 6) is -0.757. The molecule has 0 spiro atoms. The average Bonchev–Trinajstić information content (AvgIpc) is 2.37. The van der Waals surface area contributed by atoms with Crippen molar-refractivity contribution in [3.05, 3.63) is 28.8 Å². The molecule has 20 heavy (non-hydrogen) atoms. The summed E-state index contributed by atoms with van der Waals surface area (Å²) < 4.78 is 37.8. The van der Waals surface area contributed by atoms with Crippen molar-refractivity contribution in [2.75, 3.05) is 18.4 Å². The van der Waals surface area contributed by atoms with Gasteiger partial charge in [0.25, 0.3) is 0 Å². The van der Waals surface area contributed by atoms with Crippen molar-refractivity contribution in [2.24, 2.45) is 5.92 Å². The Bertz CT molecular complexity index is 477. The molecule has 0 fully saturated rings. The summed E-state index contributed by atoms with van der Waals surface area (Å²) in [5.41, 5.74) is -0.883. The molecule has 0 aliphatic carbocycles. The first-order valence-corrected chi connectivity index (χ1v) is 6.51. The van der Waals surface area contributed by atoms with Gasteiger partial charge in [-0.05, 0) is 24.7 Å². The Morgan fingerprint density at radius 1 is 1.40 bits per heavy atom. The maximum absolute atomic E-state index is 12.6. The van der Waals surface area contributed by atoms with E-state index in [0.29, 0.717) is 13.1 Å². The molecule has 0 heterocycles. The minimum atomic E-state index is -4.47. The number of amides is 1. The molecular formula is C13H16ClF3N2O. The maximum Gasteiger partial charge on any atom is 0.416 e. The van der Waals surface area contributed by atoms with Gasteiger partial charge in [-0.1, -0.05) is 25.4 Å². The predicted octanol–water partition coefficient (Wildman–Crippen LogP) is 3.54. The molecule has 1 aromatic carbocycles. The minimum Gasteiger partial charge on any atom is -0.324 e. The molecule has 2 N–H and O–H groups in total. The van der Waals surface area contributed by atoms with Gasteiger partial charge in [0.1, 0.15) is 0 Å². The van der Waals surface area contributed by atoms with Crippen molar-refractivity contribution < 1.29 is 18.0 Å². The lowest BCUT2D eigenvalue weighted by Crippen LogP contribution is -2.30. The first-order chi connectivity index (χ1) is 9.25. The molecule has 1 aromatic rings. The van der Waals surface area contributed by atoms with Gasteiger partial charge in [-0.25, -0.2) is 0 Å². The van der Waals surface area contributed by atoms with E-state index in [4.69, 9.17) is 11.6 Å². The molecule has 0 saturated carbocycles. The Morgan fingerprint density at radius 2 is 2.05 bits per heavy atom. The van der Waals surface area contributed by atoms with Gasteiger partial charge in [-0.3, -0.25) is 4.79 Å². The normalized spacial score (nSPS) is 13.1. The Kier molecular flexibility index (Phi) is 5.83. The van der Waals surface area contributed by atoms with Gasteiger partial charge in [-0.2, -0.15) is 13.2 Å². The van der Waals surface area contributed by atoms with Gasteiger partial charge in [0.05, 0.1) is 16.3 Å². The van der Waals surface area contributed by atoms with Crippen LogP contribution in [0.5, 0.6) is 0 Å². The van der Waals surface area contributed by atoms with E-state index in [1.54, 1.807) is 6.92 Å². The molecule has 0 aliphatic heterocycles. The Morgan fingerprint density at radius 3 is 2.60 bits per heavy atom. The lowest BCUT2D eigenvalue weighted by atomic mass is 10.1. The molecule has 0 bridgehead atoms. The zero-order chi connectivity index (χ0) is 15.3. The average molecular weight is 309 g/mol. The van der Waals surface area contributed by atoms with Crippen molar-refractivity contribution in [3.63, 3.8) is 0 Å². The van der Waals surface area contributed by atoms with Gasteiger partial charge in [0.2, 0.25) is 5.91 Å². The predicted molar refractivity (Wildman–Crippen MR) is 72.8 cm³/mol. The molecule has 0 saturated heterocycles. The van der Waals surface area contributed by atoms with Crippen molar-refractivity contribution in [2.45, 2.75) is 20.0 Å². The van der Waals surface area contributed by atoms with E-state index >= 15 is 0 Å². The fourth-order valence-corrected chi connectivity index (χ4v) is 1.67. The number of nitrogens with one attached hydrogen (secondary N) is 2. The zero-order valence-corrected chi connectivity index (χ0v) is 11.9. The summed E-state index contributed by atoms with van der Waals surface area (Å²) in [7, 11) is 0. The number of anilines is 1. The number of benzene rings is 1. The third kappa shape index (κ3) is 4.68. The standard InChI is InChI=1S/C13H16ClF3N2O/c1-3-18-7-8(2)12(20)19-11-6-9(13(15,16)17)4-5-10(11)14/h4-6,8,18H,3,7H2,1-2H3,(H,19,20). The summed E-state index contributed by atoms with van der Waals surface area (Å²) in [6.45, 7) is 4.73. The van der Waals surface area contributed by atoms with Gasteiger partial charge >= 0.3 is 6.18 Å². The maximum atomic E-state index is 12.6. The van der Waals surface area contributed by atoms with Crippen molar-refractivity contribution >= 4 is 23.2 Å². The largest absolute Gasteiger partial charge is 0.416 e. The van der Waals surface area contributed by atoms with Crippen LogP contribution in [-0.4, -0.2) is 19.0 Å². The number of rotatable bonds is 5. The summed E-state index contributed by atoms with van der Waals surface area (Å²) in [6, 6.07) is 2.83. The summed E-state index contributed by atoms with van der Waals surface area (Å²) >= 11 is 5.80. The van der Waals surface area contributed by atoms with Crippen molar-refractivity contribution in [1.82, 2.24) is 5.32 Å². The molecular weight excluding hydrogens is 293 g/mol. The van der Waals surface area contributed by atoms with Crippen LogP contribution in [0.3, 0.4) is 0 Å². The number of carbonyl (C=O) groups is 1. The van der Waals surface area contributed by atoms with E-state index in [2.05, 4.69) is 10.6 Å². The first-order valence-electron chi connectivity index (χ1n) is 6.14. The first kappa shape index (κ1) is 16.8. The van der Waals surface area contributed by atoms with Crippen LogP contribution in [0.15, 0.2) is 18.2 Å². The lowest BCUT2D eigenvalue weighted by Gasteiger charge is -2.15. The van der Waals surface area contributed by atoms with E-state index in [0.717, 1.165) is 18.2 Å². The lowest BCUT2D eigenvalue weighted by molar-refractivity contribution is -0.137. The molecule has 1 atom stereocenters. The fraction of sp³-hybridized carbons (Fsp3) is 0.462. The molecule has 1 amide bonds. The van der Waals surface area contributed by atoms with Crippen molar-refractivity contribution in [3.8, 4) is 0 Å². The van der Waals surface area contributed by atoms with E-state index in [-0.39, 0.29) is 22.5 Å². The highest BCUT2D eigenvalue weighted by molar-refractivity contribution is 6.33. The summed E-state index contributed by atoms with van der Waals surface area (Å²) in [5, 5.41) is 5.48. The number of halogens is 4. The Balaban J connectivity index is 2.84. The van der Waals surface area contributed by atoms with Gasteiger partial charge in [0.15, 0.2) is 0 Å². The van der Waals surface area contributed by atoms with Gasteiger partial charge in [0, 0.05) is 12.5 Å². The van der Waals surface area contributed by atoms with E-state index in [1.807, 2.05) is 6.92 Å². The van der Waals surface area contributed by atoms with Crippen LogP contribution in [0.1, 0.15) is 19.4 Å². The van der Waals surface area contributed by atoms with Crippen LogP contribution in [-0.2, 0) is 11.0 Å². The van der Waals surface area contributed by atoms with Crippen LogP contribution in [0.25, 0.3) is 0 Å². The topological polar surface area (TPSA) is 41.1 Å². The molecule has 0 radical (unpaired) electrons. The Hall–Kier alpha value is -1.27. The SMILES string of the molecule is CCNCC(C)C(=O)Nc1cc(C(F)(F)F)ccc1Cl. The van der Waals surface area contributed by atoms with Crippen molar-refractivity contribution in [1.29, 1.82) is 0 Å². The third-order valence-corrected chi connectivity index (χ3v) is 3.03. The number of carbonyl (C=O) groups excluding carboxylic acids is 1. The van der Waals surface area contributed by atoms with Crippen LogP contribution < -0.4 is 10.6 Å². The molecule has 0 aliphatic rings. The van der Waals surface area contributed by atoms with E-state index in [9.17, 15) is 18.0 Å². The molecule has 7 heteroatoms. The quantitative estimate of drug-likeness (QED) is 0.873. The Labute approximate surface area is 120 Å². The molecule has 112 valence electrons. The van der Waals surface area contributed by atoms with E-state index < -0.39 is 11.7 Å². The smallest absolute Gasteiger partial charge is 0.324 e. The van der Waals surface area contributed by atoms with Crippen LogP contribution in [0.2, 0.25) is 5.02 Å². The second-order valence-electron chi connectivity index (χ2n) is 4.39. The number of hydrogen-bond acceptors (Lipinski definition) is 2. The summed E-state index contributed by atoms with van der Waals surface area (Å²) in [4.78, 5) is 11.8. The van der Waals surface area contributed by atoms with Gasteiger partial charge < -0.3 is 10.6 Å². The number of hydrogen-bond donors (Lipinski definition) is 2. The molecule has 1 rings (SSSR count). The highest BCUT2D eigenvalue weighted by atomic mass is 35.5. The zero-order valence-electron chi connectivity index (χ0n) is 11.1. The fourth-order valence-electron chi connectivity index (χ4n) is 1.51. The summed E-state index contributed by atoms with van der Waals surface area (Å²) in [6.07, 6.45) is -4.47. The second kappa shape index (κ2) is 6.95. The minimum absolute atomic E-state index is 0.0326. The van der Waals surface area contributed by atoms with Crippen LogP contribution in [0.4, 0.5) is 18.9 Å². The monoisotopic (exact) mass is 308 g/mol. The third-order valence-electron chi connectivity index (χ3n) is 2.70. The van der Waals surface area contributed by atoms with Crippen LogP contribution >= 0.6 is 11.6 Å². The molecule has 3 nitrogen and oxygen atoms in total. The van der Waals surface area contributed by atoms with Gasteiger partial charge in [-0.15, -0.1) is 0 Å². The number of alkyl halides is 3. The highest BCUT2D eigenvalue weighted by Crippen LogP contribution is 2.33.